The van der Waals surface area contributed by atoms with Gasteiger partial charge in [0.25, 0.3) is 0 Å². The molecule has 2 aromatic rings. The number of carbonyl (C=O) groups is 1. The second kappa shape index (κ2) is 13.2. The van der Waals surface area contributed by atoms with Gasteiger partial charge in [-0.05, 0) is 104 Å². The summed E-state index contributed by atoms with van der Waals surface area (Å²) in [6.45, 7) is 13.7. The van der Waals surface area contributed by atoms with Crippen LogP contribution in [0, 0.1) is 10.8 Å². The third-order valence-corrected chi connectivity index (χ3v) is 10.7. The van der Waals surface area contributed by atoms with Gasteiger partial charge in [-0.1, -0.05) is 89.5 Å². The summed E-state index contributed by atoms with van der Waals surface area (Å²) < 4.78 is 18.5. The van der Waals surface area contributed by atoms with Crippen LogP contribution in [0.1, 0.15) is 123 Å². The highest BCUT2D eigenvalue weighted by atomic mass is 16.7. The predicted molar refractivity (Wildman–Crippen MR) is 176 cm³/mol. The van der Waals surface area contributed by atoms with Crippen LogP contribution in [-0.4, -0.2) is 12.8 Å². The number of ether oxygens (including phenoxy) is 3. The Balaban J connectivity index is 1.56. The van der Waals surface area contributed by atoms with E-state index in [9.17, 15) is 4.79 Å². The van der Waals surface area contributed by atoms with Crippen LogP contribution in [0.2, 0.25) is 0 Å². The molecule has 1 fully saturated rings. The smallest absolute Gasteiger partial charge is 0.456 e. The topological polar surface area (TPSA) is 44.8 Å². The molecule has 2 aliphatic carbocycles. The largest absolute Gasteiger partial charge is 0.513 e. The zero-order chi connectivity index (χ0) is 30.6. The Morgan fingerprint density at radius 1 is 0.977 bits per heavy atom. The highest BCUT2D eigenvalue weighted by molar-refractivity contribution is 5.81. The third-order valence-electron chi connectivity index (χ3n) is 10.7. The van der Waals surface area contributed by atoms with Crippen LogP contribution in [0.3, 0.4) is 0 Å². The van der Waals surface area contributed by atoms with E-state index in [1.165, 1.54) is 35.6 Å². The summed E-state index contributed by atoms with van der Waals surface area (Å²) in [7, 11) is 0. The number of rotatable bonds is 11. The van der Waals surface area contributed by atoms with Gasteiger partial charge in [0.1, 0.15) is 17.3 Å². The lowest BCUT2D eigenvalue weighted by Crippen LogP contribution is -2.33. The molecule has 4 heteroatoms. The zero-order valence-electron chi connectivity index (χ0n) is 27.2. The van der Waals surface area contributed by atoms with Crippen LogP contribution in [0.4, 0.5) is 4.79 Å². The fourth-order valence-corrected chi connectivity index (χ4v) is 7.44. The van der Waals surface area contributed by atoms with Gasteiger partial charge in [0, 0.05) is 10.8 Å². The van der Waals surface area contributed by atoms with Gasteiger partial charge in [-0.3, -0.25) is 0 Å². The van der Waals surface area contributed by atoms with Crippen molar-refractivity contribution in [2.45, 2.75) is 112 Å². The number of allylic oxidation sites excluding steroid dienone is 4. The molecule has 0 radical (unpaired) electrons. The lowest BCUT2D eigenvalue weighted by atomic mass is 9.65. The van der Waals surface area contributed by atoms with Crippen molar-refractivity contribution in [2.75, 3.05) is 6.61 Å². The Labute approximate surface area is 258 Å². The first kappa shape index (κ1) is 31.2. The quantitative estimate of drug-likeness (QED) is 0.247. The van der Waals surface area contributed by atoms with Gasteiger partial charge in [0.15, 0.2) is 0 Å². The van der Waals surface area contributed by atoms with Gasteiger partial charge >= 0.3 is 6.16 Å². The van der Waals surface area contributed by atoms with Crippen molar-refractivity contribution in [2.24, 2.45) is 10.8 Å². The summed E-state index contributed by atoms with van der Waals surface area (Å²) in [6.07, 6.45) is 16.1. The zero-order valence-corrected chi connectivity index (χ0v) is 27.2. The van der Waals surface area contributed by atoms with Crippen LogP contribution in [0.5, 0.6) is 11.5 Å². The van der Waals surface area contributed by atoms with Gasteiger partial charge in [-0.2, -0.15) is 0 Å². The molecule has 230 valence electrons. The van der Waals surface area contributed by atoms with Crippen molar-refractivity contribution in [3.8, 4) is 11.5 Å². The Kier molecular flexibility index (Phi) is 9.54. The summed E-state index contributed by atoms with van der Waals surface area (Å²) in [5, 5.41) is 2.27. The maximum absolute atomic E-state index is 13.1. The second-order valence-corrected chi connectivity index (χ2v) is 12.9. The van der Waals surface area contributed by atoms with Gasteiger partial charge < -0.3 is 14.2 Å². The molecular formula is C39H50O4. The van der Waals surface area contributed by atoms with Gasteiger partial charge in [0.2, 0.25) is 0 Å². The highest BCUT2D eigenvalue weighted by Crippen LogP contribution is 2.50. The SMILES string of the molecule is CCC(CC)=c1ccc2c(c1)Oc1cc(C(CC)CC)ccc1C=2C1(C)CC=CC=C1OC(=O)OCCC1(CC)CCC1. The first-order chi connectivity index (χ1) is 20.8. The van der Waals surface area contributed by atoms with E-state index in [2.05, 4.69) is 84.0 Å². The maximum Gasteiger partial charge on any atom is 0.513 e. The molecule has 1 atom stereocenters. The Morgan fingerprint density at radius 2 is 1.74 bits per heavy atom. The van der Waals surface area contributed by atoms with Gasteiger partial charge in [0.05, 0.1) is 12.0 Å². The molecule has 3 aliphatic rings. The number of benzene rings is 2. The number of hydrogen-bond donors (Lipinski definition) is 0. The van der Waals surface area contributed by atoms with Crippen molar-refractivity contribution >= 4 is 17.3 Å². The Bertz CT molecular complexity index is 1510. The fraction of sp³-hybridized carbons (Fsp3) is 0.513. The van der Waals surface area contributed by atoms with Crippen LogP contribution in [0.25, 0.3) is 11.1 Å². The van der Waals surface area contributed by atoms with E-state index in [0.29, 0.717) is 30.1 Å². The van der Waals surface area contributed by atoms with E-state index in [1.54, 1.807) is 0 Å². The van der Waals surface area contributed by atoms with Crippen LogP contribution in [0.15, 0.2) is 60.4 Å². The molecule has 0 spiro atoms. The van der Waals surface area contributed by atoms with Crippen molar-refractivity contribution in [3.63, 3.8) is 0 Å². The van der Waals surface area contributed by atoms with E-state index in [-0.39, 0.29) is 0 Å². The van der Waals surface area contributed by atoms with Crippen molar-refractivity contribution < 1.29 is 19.0 Å². The summed E-state index contributed by atoms with van der Waals surface area (Å²) in [5.74, 6) is 2.84. The van der Waals surface area contributed by atoms with Gasteiger partial charge in [-0.25, -0.2) is 4.79 Å². The molecule has 0 amide bonds. The van der Waals surface area contributed by atoms with Crippen LogP contribution < -0.4 is 15.2 Å². The van der Waals surface area contributed by atoms with Crippen molar-refractivity contribution in [1.29, 1.82) is 0 Å². The molecule has 2 aromatic carbocycles. The maximum atomic E-state index is 13.1. The van der Waals surface area contributed by atoms with E-state index in [1.807, 2.05) is 12.2 Å². The molecule has 0 N–H and O–H groups in total. The van der Waals surface area contributed by atoms with Gasteiger partial charge in [-0.15, -0.1) is 0 Å². The predicted octanol–water partition coefficient (Wildman–Crippen LogP) is 9.84. The molecule has 1 saturated carbocycles. The molecule has 1 heterocycles. The molecule has 0 bridgehead atoms. The first-order valence-corrected chi connectivity index (χ1v) is 16.7. The third kappa shape index (κ3) is 6.08. The molecule has 43 heavy (non-hydrogen) atoms. The molecular weight excluding hydrogens is 532 g/mol. The first-order valence-electron chi connectivity index (χ1n) is 16.7. The average molecular weight is 583 g/mol. The molecule has 0 aromatic heterocycles. The van der Waals surface area contributed by atoms with Crippen LogP contribution >= 0.6 is 0 Å². The monoisotopic (exact) mass is 582 g/mol. The van der Waals surface area contributed by atoms with E-state index >= 15 is 0 Å². The summed E-state index contributed by atoms with van der Waals surface area (Å²) in [5.41, 5.74) is 4.66. The highest BCUT2D eigenvalue weighted by Gasteiger charge is 2.41. The van der Waals surface area contributed by atoms with E-state index < -0.39 is 11.6 Å². The summed E-state index contributed by atoms with van der Waals surface area (Å²) >= 11 is 0. The fourth-order valence-electron chi connectivity index (χ4n) is 7.44. The standard InChI is InChI=1S/C39H50O4/c1-7-27(8-2)29-16-18-31-33(25-29)42-34-26-30(28(9-3)10-4)17-19-32(34)36(31)38(6)20-13-12-15-35(38)43-37(40)41-24-23-39(11-5)21-14-22-39/h12-13,15-19,25-27H,7-11,14,20-24H2,1-6H3. The Hall–Kier alpha value is -3.27. The van der Waals surface area contributed by atoms with Crippen LogP contribution in [-0.2, 0) is 9.47 Å². The summed E-state index contributed by atoms with van der Waals surface area (Å²) in [6, 6.07) is 13.3. The average Bonchev–Trinajstić information content (AvgIpc) is 2.99. The van der Waals surface area contributed by atoms with Crippen molar-refractivity contribution in [3.05, 3.63) is 81.9 Å². The molecule has 5 rings (SSSR count). The van der Waals surface area contributed by atoms with E-state index in [4.69, 9.17) is 14.2 Å². The lowest BCUT2D eigenvalue weighted by molar-refractivity contribution is 0.0348. The molecule has 1 aliphatic heterocycles. The lowest BCUT2D eigenvalue weighted by Gasteiger charge is -2.41. The number of fused-ring (bicyclic) bond motifs is 2. The minimum Gasteiger partial charge on any atom is -0.456 e. The molecule has 1 unspecified atom stereocenters. The Morgan fingerprint density at radius 3 is 2.40 bits per heavy atom. The molecule has 0 saturated heterocycles. The second-order valence-electron chi connectivity index (χ2n) is 12.9. The summed E-state index contributed by atoms with van der Waals surface area (Å²) in [4.78, 5) is 13.1. The van der Waals surface area contributed by atoms with Crippen molar-refractivity contribution in [1.82, 2.24) is 0 Å². The minimum absolute atomic E-state index is 0.339. The number of hydrogen-bond acceptors (Lipinski definition) is 4. The van der Waals surface area contributed by atoms with E-state index in [0.717, 1.165) is 66.4 Å². The minimum atomic E-state index is -0.615. The normalized spacial score (nSPS) is 20.0. The number of carbonyl (C=O) groups excluding carboxylic acids is 1. The molecule has 4 nitrogen and oxygen atoms in total.